The average molecular weight is 395 g/mol. The Balaban J connectivity index is 2.01. The summed E-state index contributed by atoms with van der Waals surface area (Å²) in [4.78, 5) is 23.2. The predicted molar refractivity (Wildman–Crippen MR) is 109 cm³/mol. The molecule has 0 spiro atoms. The summed E-state index contributed by atoms with van der Waals surface area (Å²) in [6.07, 6.45) is 13.1. The third-order valence-electron chi connectivity index (χ3n) is 4.14. The Labute approximate surface area is 167 Å². The van der Waals surface area contributed by atoms with Crippen molar-refractivity contribution in [2.45, 2.75) is 71.3 Å². The molecule has 1 aromatic carbocycles. The van der Waals surface area contributed by atoms with Crippen molar-refractivity contribution in [3.8, 4) is 0 Å². The van der Waals surface area contributed by atoms with Gasteiger partial charge in [-0.2, -0.15) is 0 Å². The Morgan fingerprint density at radius 1 is 0.815 bits per heavy atom. The summed E-state index contributed by atoms with van der Waals surface area (Å²) < 4.78 is 10.1. The van der Waals surface area contributed by atoms with E-state index < -0.39 is 11.9 Å². The van der Waals surface area contributed by atoms with Gasteiger partial charge in [-0.25, -0.2) is 9.59 Å². The van der Waals surface area contributed by atoms with E-state index in [9.17, 15) is 9.59 Å². The quantitative estimate of drug-likeness (QED) is 0.220. The number of hydrogen-bond acceptors (Lipinski definition) is 4. The molecule has 0 aliphatic rings. The third kappa shape index (κ3) is 13.1. The van der Waals surface area contributed by atoms with Crippen molar-refractivity contribution in [1.29, 1.82) is 0 Å². The molecular weight excluding hydrogens is 364 g/mol. The molecule has 0 amide bonds. The van der Waals surface area contributed by atoms with Crippen LogP contribution in [0.2, 0.25) is 5.02 Å². The molecule has 0 atom stereocenters. The zero-order valence-electron chi connectivity index (χ0n) is 16.3. The molecule has 0 saturated heterocycles. The summed E-state index contributed by atoms with van der Waals surface area (Å²) in [7, 11) is 0. The van der Waals surface area contributed by atoms with E-state index in [1.54, 1.807) is 24.3 Å². The highest BCUT2D eigenvalue weighted by Crippen LogP contribution is 2.11. The largest absolute Gasteiger partial charge is 0.463 e. The Kier molecular flexibility index (Phi) is 13.1. The molecule has 0 N–H and O–H groups in total. The second kappa shape index (κ2) is 15.3. The number of halogens is 1. The zero-order valence-corrected chi connectivity index (χ0v) is 17.0. The first kappa shape index (κ1) is 23.2. The van der Waals surface area contributed by atoms with E-state index in [0.717, 1.165) is 30.6 Å². The lowest BCUT2D eigenvalue weighted by Gasteiger charge is -2.03. The van der Waals surface area contributed by atoms with Crippen molar-refractivity contribution < 1.29 is 19.1 Å². The molecule has 5 heteroatoms. The van der Waals surface area contributed by atoms with E-state index in [1.165, 1.54) is 44.9 Å². The molecule has 0 heterocycles. The van der Waals surface area contributed by atoms with Crippen LogP contribution in [0.4, 0.5) is 0 Å². The van der Waals surface area contributed by atoms with Crippen LogP contribution in [0, 0.1) is 0 Å². The topological polar surface area (TPSA) is 52.6 Å². The number of unbranched alkanes of at least 4 members (excludes halogenated alkanes) is 8. The van der Waals surface area contributed by atoms with Gasteiger partial charge in [-0.15, -0.1) is 0 Å². The van der Waals surface area contributed by atoms with Crippen LogP contribution in [-0.2, 0) is 25.7 Å². The Morgan fingerprint density at radius 2 is 1.33 bits per heavy atom. The monoisotopic (exact) mass is 394 g/mol. The van der Waals surface area contributed by atoms with E-state index in [1.807, 2.05) is 0 Å². The van der Waals surface area contributed by atoms with E-state index in [4.69, 9.17) is 21.1 Å². The summed E-state index contributed by atoms with van der Waals surface area (Å²) >= 11 is 5.79. The van der Waals surface area contributed by atoms with E-state index in [2.05, 4.69) is 6.92 Å². The maximum Gasteiger partial charge on any atom is 0.331 e. The van der Waals surface area contributed by atoms with Crippen molar-refractivity contribution in [1.82, 2.24) is 0 Å². The molecule has 0 bridgehead atoms. The standard InChI is InChI=1S/C22H31ClO4/c1-2-3-4-5-6-7-8-9-10-17-26-21(24)15-16-22(25)27-18-19-11-13-20(23)14-12-19/h11-16H,2-10,17-18H2,1H3/b16-15+. The number of esters is 2. The molecule has 0 aromatic heterocycles. The molecule has 0 aliphatic carbocycles. The predicted octanol–water partition coefficient (Wildman–Crippen LogP) is 6.01. The van der Waals surface area contributed by atoms with Gasteiger partial charge in [0.2, 0.25) is 0 Å². The Hall–Kier alpha value is -1.81. The van der Waals surface area contributed by atoms with E-state index in [-0.39, 0.29) is 6.61 Å². The average Bonchev–Trinajstić information content (AvgIpc) is 2.67. The lowest BCUT2D eigenvalue weighted by atomic mass is 10.1. The van der Waals surface area contributed by atoms with Crippen molar-refractivity contribution in [3.63, 3.8) is 0 Å². The van der Waals surface area contributed by atoms with Gasteiger partial charge < -0.3 is 9.47 Å². The van der Waals surface area contributed by atoms with Gasteiger partial charge in [0, 0.05) is 17.2 Å². The van der Waals surface area contributed by atoms with Crippen LogP contribution >= 0.6 is 11.6 Å². The van der Waals surface area contributed by atoms with Crippen molar-refractivity contribution in [3.05, 3.63) is 47.0 Å². The van der Waals surface area contributed by atoms with Crippen LogP contribution in [0.15, 0.2) is 36.4 Å². The summed E-state index contributed by atoms with van der Waals surface area (Å²) in [5.41, 5.74) is 0.828. The molecule has 27 heavy (non-hydrogen) atoms. The van der Waals surface area contributed by atoms with E-state index >= 15 is 0 Å². The van der Waals surface area contributed by atoms with Gasteiger partial charge in [0.1, 0.15) is 6.61 Å². The fourth-order valence-electron chi connectivity index (χ4n) is 2.55. The number of rotatable bonds is 14. The molecule has 0 radical (unpaired) electrons. The van der Waals surface area contributed by atoms with Crippen molar-refractivity contribution in [2.24, 2.45) is 0 Å². The first-order valence-corrected chi connectivity index (χ1v) is 10.3. The zero-order chi connectivity index (χ0) is 19.7. The van der Waals surface area contributed by atoms with Crippen LogP contribution < -0.4 is 0 Å². The molecule has 1 aromatic rings. The van der Waals surface area contributed by atoms with Crippen LogP contribution in [0.1, 0.15) is 70.3 Å². The van der Waals surface area contributed by atoms with Crippen LogP contribution in [-0.4, -0.2) is 18.5 Å². The number of hydrogen-bond donors (Lipinski definition) is 0. The maximum absolute atomic E-state index is 11.6. The van der Waals surface area contributed by atoms with Gasteiger partial charge in [0.25, 0.3) is 0 Å². The van der Waals surface area contributed by atoms with Gasteiger partial charge in [-0.3, -0.25) is 0 Å². The second-order valence-corrected chi connectivity index (χ2v) is 7.00. The number of carbonyl (C=O) groups is 2. The second-order valence-electron chi connectivity index (χ2n) is 6.56. The third-order valence-corrected chi connectivity index (χ3v) is 4.39. The van der Waals surface area contributed by atoms with Gasteiger partial charge in [0.15, 0.2) is 0 Å². The molecule has 1 rings (SSSR count). The number of carbonyl (C=O) groups excluding carboxylic acids is 2. The lowest BCUT2D eigenvalue weighted by molar-refractivity contribution is -0.141. The van der Waals surface area contributed by atoms with Gasteiger partial charge >= 0.3 is 11.9 Å². The van der Waals surface area contributed by atoms with Crippen LogP contribution in [0.25, 0.3) is 0 Å². The fraction of sp³-hybridized carbons (Fsp3) is 0.545. The summed E-state index contributed by atoms with van der Waals surface area (Å²) in [5, 5.41) is 0.625. The van der Waals surface area contributed by atoms with Crippen LogP contribution in [0.5, 0.6) is 0 Å². The maximum atomic E-state index is 11.6. The highest BCUT2D eigenvalue weighted by molar-refractivity contribution is 6.30. The molecule has 0 fully saturated rings. The normalized spacial score (nSPS) is 10.9. The van der Waals surface area contributed by atoms with Gasteiger partial charge in [-0.1, -0.05) is 82.0 Å². The SMILES string of the molecule is CCCCCCCCCCCOC(=O)/C=C/C(=O)OCc1ccc(Cl)cc1. The van der Waals surface area contributed by atoms with Crippen molar-refractivity contribution in [2.75, 3.05) is 6.61 Å². The molecule has 0 saturated carbocycles. The van der Waals surface area contributed by atoms with Crippen molar-refractivity contribution >= 4 is 23.5 Å². The summed E-state index contributed by atoms with van der Waals surface area (Å²) in [6, 6.07) is 7.01. The molecule has 4 nitrogen and oxygen atoms in total. The minimum atomic E-state index is -0.579. The highest BCUT2D eigenvalue weighted by Gasteiger charge is 2.02. The fourth-order valence-corrected chi connectivity index (χ4v) is 2.68. The minimum absolute atomic E-state index is 0.133. The smallest absolute Gasteiger partial charge is 0.331 e. The number of ether oxygens (including phenoxy) is 2. The first-order chi connectivity index (χ1) is 13.1. The molecule has 150 valence electrons. The van der Waals surface area contributed by atoms with Crippen LogP contribution in [0.3, 0.4) is 0 Å². The number of benzene rings is 1. The molecular formula is C22H31ClO4. The van der Waals surface area contributed by atoms with E-state index in [0.29, 0.717) is 11.6 Å². The van der Waals surface area contributed by atoms with Gasteiger partial charge in [0.05, 0.1) is 6.61 Å². The summed E-state index contributed by atoms with van der Waals surface area (Å²) in [5.74, 6) is -1.09. The molecule has 0 aliphatic heterocycles. The summed E-state index contributed by atoms with van der Waals surface area (Å²) in [6.45, 7) is 2.74. The molecule has 0 unspecified atom stereocenters. The van der Waals surface area contributed by atoms with Gasteiger partial charge in [-0.05, 0) is 24.1 Å². The highest BCUT2D eigenvalue weighted by atomic mass is 35.5. The minimum Gasteiger partial charge on any atom is -0.463 e. The lowest BCUT2D eigenvalue weighted by Crippen LogP contribution is -2.05. The Bertz CT molecular complexity index is 566. The Morgan fingerprint density at radius 3 is 1.93 bits per heavy atom. The first-order valence-electron chi connectivity index (χ1n) is 9.88.